The molecule has 0 saturated heterocycles. The molecule has 1 fully saturated rings. The highest BCUT2D eigenvalue weighted by Crippen LogP contribution is 2.28. The first kappa shape index (κ1) is 30.2. The number of nitrogens with zero attached hydrogens (tertiary/aromatic N) is 1. The average Bonchev–Trinajstić information content (AvgIpc) is 3.78. The summed E-state index contributed by atoms with van der Waals surface area (Å²) in [5.41, 5.74) is 4.06. The maximum atomic E-state index is 13.8. The van der Waals surface area contributed by atoms with Crippen molar-refractivity contribution in [3.8, 4) is 11.1 Å². The molecule has 1 atom stereocenters. The Morgan fingerprint density at radius 1 is 0.911 bits per heavy atom. The number of fused-ring (bicyclic) bond motifs is 1. The lowest BCUT2D eigenvalue weighted by atomic mass is 9.99. The molecule has 1 aliphatic carbocycles. The van der Waals surface area contributed by atoms with Crippen LogP contribution in [-0.2, 0) is 12.8 Å². The smallest absolute Gasteiger partial charge is 0.261 e. The molecule has 2 aliphatic rings. The summed E-state index contributed by atoms with van der Waals surface area (Å²) < 4.78 is 13.5. The fourth-order valence-electron chi connectivity index (χ4n) is 5.38. The van der Waals surface area contributed by atoms with Gasteiger partial charge < -0.3 is 15.5 Å². The summed E-state index contributed by atoms with van der Waals surface area (Å²) in [4.78, 5) is 43.5. The average molecular weight is 620 g/mol. The topological polar surface area (TPSA) is 78.5 Å². The van der Waals surface area contributed by atoms with Crippen LogP contribution in [0.2, 0.25) is 0 Å². The molecule has 3 aromatic carbocycles. The second-order valence-corrected chi connectivity index (χ2v) is 12.5. The van der Waals surface area contributed by atoms with Gasteiger partial charge in [-0.3, -0.25) is 14.4 Å². The van der Waals surface area contributed by atoms with Gasteiger partial charge in [-0.25, -0.2) is 4.39 Å². The second-order valence-electron chi connectivity index (χ2n) is 11.4. The number of rotatable bonds is 6. The minimum absolute atomic E-state index is 0.0154. The first-order valence-electron chi connectivity index (χ1n) is 15.2. The van der Waals surface area contributed by atoms with Gasteiger partial charge in [-0.05, 0) is 91.4 Å². The molecular weight excluding hydrogens is 585 g/mol. The normalized spacial score (nSPS) is 16.4. The van der Waals surface area contributed by atoms with E-state index in [2.05, 4.69) is 16.7 Å². The molecule has 6 rings (SSSR count). The Hall–Kier alpha value is -4.82. The van der Waals surface area contributed by atoms with Crippen LogP contribution < -0.4 is 10.6 Å². The van der Waals surface area contributed by atoms with E-state index in [1.54, 1.807) is 48.5 Å². The van der Waals surface area contributed by atoms with Crippen LogP contribution in [0.25, 0.3) is 11.1 Å². The third-order valence-electron chi connectivity index (χ3n) is 8.06. The third-order valence-corrected chi connectivity index (χ3v) is 9.26. The second kappa shape index (κ2) is 13.4. The Balaban J connectivity index is 1.16. The first-order chi connectivity index (χ1) is 21.9. The van der Waals surface area contributed by atoms with Crippen molar-refractivity contribution in [3.63, 3.8) is 0 Å². The minimum atomic E-state index is -0.339. The molecule has 0 bridgehead atoms. The largest absolute Gasteiger partial charge is 0.349 e. The van der Waals surface area contributed by atoms with Gasteiger partial charge in [0.15, 0.2) is 0 Å². The van der Waals surface area contributed by atoms with Crippen molar-refractivity contribution in [3.05, 3.63) is 135 Å². The number of amides is 3. The molecule has 4 aromatic rings. The molecule has 3 amide bonds. The molecule has 1 saturated carbocycles. The summed E-state index contributed by atoms with van der Waals surface area (Å²) in [6, 6.07) is 22.2. The van der Waals surface area contributed by atoms with E-state index in [9.17, 15) is 18.8 Å². The summed E-state index contributed by atoms with van der Waals surface area (Å²) >= 11 is 1.53. The van der Waals surface area contributed by atoms with E-state index >= 15 is 0 Å². The molecule has 2 heterocycles. The van der Waals surface area contributed by atoms with Gasteiger partial charge in [-0.2, -0.15) is 0 Å². The van der Waals surface area contributed by atoms with E-state index in [0.29, 0.717) is 41.4 Å². The number of hydrogen-bond acceptors (Lipinski definition) is 4. The lowest BCUT2D eigenvalue weighted by Crippen LogP contribution is -2.39. The molecule has 0 spiro atoms. The van der Waals surface area contributed by atoms with Gasteiger partial charge in [0.05, 0.1) is 4.88 Å². The summed E-state index contributed by atoms with van der Waals surface area (Å²) in [5.74, 6) is -0.769. The van der Waals surface area contributed by atoms with Crippen LogP contribution in [0.5, 0.6) is 0 Å². The van der Waals surface area contributed by atoms with Crippen molar-refractivity contribution in [1.29, 1.82) is 0 Å². The van der Waals surface area contributed by atoms with Crippen LogP contribution in [0.1, 0.15) is 60.6 Å². The molecule has 228 valence electrons. The molecule has 6 nitrogen and oxygen atoms in total. The molecule has 1 unspecified atom stereocenters. The number of carbonyl (C=O) groups is 3. The Bertz CT molecular complexity index is 1770. The van der Waals surface area contributed by atoms with Crippen LogP contribution in [0.3, 0.4) is 0 Å². The van der Waals surface area contributed by atoms with Crippen molar-refractivity contribution in [2.24, 2.45) is 0 Å². The van der Waals surface area contributed by atoms with Gasteiger partial charge in [-0.15, -0.1) is 11.3 Å². The zero-order chi connectivity index (χ0) is 31.3. The van der Waals surface area contributed by atoms with Gasteiger partial charge in [0, 0.05) is 46.7 Å². The predicted octanol–water partition coefficient (Wildman–Crippen LogP) is 7.44. The Morgan fingerprint density at radius 3 is 2.42 bits per heavy atom. The van der Waals surface area contributed by atoms with E-state index in [4.69, 9.17) is 0 Å². The molecule has 8 heteroatoms. The third kappa shape index (κ3) is 7.29. The fourth-order valence-corrected chi connectivity index (χ4v) is 6.47. The van der Waals surface area contributed by atoms with E-state index in [-0.39, 0.29) is 29.6 Å². The van der Waals surface area contributed by atoms with Crippen molar-refractivity contribution >= 4 is 34.7 Å². The van der Waals surface area contributed by atoms with Crippen LogP contribution in [-0.4, -0.2) is 41.2 Å². The molecule has 1 aliphatic heterocycles. The van der Waals surface area contributed by atoms with E-state index in [1.807, 2.05) is 48.3 Å². The Labute approximate surface area is 266 Å². The quantitative estimate of drug-likeness (QED) is 0.236. The molecule has 2 N–H and O–H groups in total. The van der Waals surface area contributed by atoms with E-state index in [0.717, 1.165) is 40.1 Å². The number of allylic oxidation sites excluding steroid dienone is 3. The summed E-state index contributed by atoms with van der Waals surface area (Å²) in [6.07, 6.45) is 11.5. The molecule has 45 heavy (non-hydrogen) atoms. The van der Waals surface area contributed by atoms with Gasteiger partial charge >= 0.3 is 0 Å². The monoisotopic (exact) mass is 619 g/mol. The number of carbonyl (C=O) groups excluding carboxylic acids is 3. The zero-order valence-corrected chi connectivity index (χ0v) is 25.8. The minimum Gasteiger partial charge on any atom is -0.349 e. The maximum absolute atomic E-state index is 13.8. The lowest BCUT2D eigenvalue weighted by Gasteiger charge is -2.27. The Morgan fingerprint density at radius 2 is 1.67 bits per heavy atom. The number of anilines is 1. The highest BCUT2D eigenvalue weighted by molar-refractivity contribution is 7.14. The van der Waals surface area contributed by atoms with E-state index in [1.165, 1.54) is 23.5 Å². The van der Waals surface area contributed by atoms with Crippen LogP contribution >= 0.6 is 11.3 Å². The van der Waals surface area contributed by atoms with Crippen molar-refractivity contribution in [2.45, 2.75) is 44.7 Å². The van der Waals surface area contributed by atoms with Crippen LogP contribution in [0.4, 0.5) is 10.1 Å². The highest BCUT2D eigenvalue weighted by atomic mass is 32.1. The molecule has 0 radical (unpaired) electrons. The van der Waals surface area contributed by atoms with Gasteiger partial charge in [0.25, 0.3) is 17.7 Å². The lowest BCUT2D eigenvalue weighted by molar-refractivity contribution is 0.0725. The molecule has 1 aromatic heterocycles. The number of benzene rings is 3. The zero-order valence-electron chi connectivity index (χ0n) is 25.0. The fraction of sp³-hybridized carbons (Fsp3) is 0.216. The summed E-state index contributed by atoms with van der Waals surface area (Å²) in [6.45, 7) is 2.49. The summed E-state index contributed by atoms with van der Waals surface area (Å²) in [7, 11) is 0. The number of halogens is 1. The number of thiophene rings is 1. The predicted molar refractivity (Wildman–Crippen MR) is 177 cm³/mol. The Kier molecular flexibility index (Phi) is 9.03. The van der Waals surface area contributed by atoms with Gasteiger partial charge in [0.2, 0.25) is 0 Å². The summed E-state index contributed by atoms with van der Waals surface area (Å²) in [5, 5.41) is 6.00. The molecular formula is C37H34FN3O3S. The highest BCUT2D eigenvalue weighted by Gasteiger charge is 2.26. The van der Waals surface area contributed by atoms with Gasteiger partial charge in [-0.1, -0.05) is 54.6 Å². The van der Waals surface area contributed by atoms with Gasteiger partial charge in [0.1, 0.15) is 5.82 Å². The van der Waals surface area contributed by atoms with Crippen molar-refractivity contribution in [1.82, 2.24) is 10.2 Å². The van der Waals surface area contributed by atoms with Crippen molar-refractivity contribution < 1.29 is 18.8 Å². The van der Waals surface area contributed by atoms with Crippen molar-refractivity contribution in [2.75, 3.05) is 11.9 Å². The number of nitrogens with one attached hydrogen (secondary N) is 2. The van der Waals surface area contributed by atoms with Crippen LogP contribution in [0.15, 0.2) is 103 Å². The first-order valence-corrected chi connectivity index (χ1v) is 16.0. The standard InChI is InChI=1S/C37H34FN3O3S/c1-24-7-3-2-4-10-33-27(23-34(45-33)36(43)40-30-19-20-30)21-22-41(24)37(44)26-13-17-29(18-14-26)39-35(42)32-9-6-5-8-31(32)25-11-15-28(38)16-12-25/h2-9,11-18,23-24,30H,10,19-22H2,1H3,(H,39,42)(H,40,43). The maximum Gasteiger partial charge on any atom is 0.261 e. The SMILES string of the molecule is CC1C=CC=CCc2sc(C(=O)NC3CC3)cc2CCN1C(=O)c1ccc(NC(=O)c2ccccc2-c2ccc(F)cc2)cc1. The number of hydrogen-bond donors (Lipinski definition) is 2. The van der Waals surface area contributed by atoms with Crippen LogP contribution in [0, 0.1) is 5.82 Å². The van der Waals surface area contributed by atoms with E-state index < -0.39 is 0 Å².